The summed E-state index contributed by atoms with van der Waals surface area (Å²) in [5.74, 6) is -12.8. The third kappa shape index (κ3) is 21.8. The number of aliphatic carboxylic acids is 2. The van der Waals surface area contributed by atoms with E-state index < -0.39 is 163 Å². The van der Waals surface area contributed by atoms with Crippen molar-refractivity contribution in [2.24, 2.45) is 23.1 Å². The van der Waals surface area contributed by atoms with Gasteiger partial charge in [-0.1, -0.05) is 13.8 Å². The normalized spacial score (nSPS) is 15.7. The molecule has 10 atom stereocenters. The number of amides is 10. The predicted molar refractivity (Wildman–Crippen MR) is 227 cm³/mol. The second kappa shape index (κ2) is 28.6. The average molecular weight is 934 g/mol. The number of nitrogens with two attached hydrogens (primary N) is 3. The number of thioether (sulfide) groups is 1. The Morgan fingerprint density at radius 2 is 0.906 bits per heavy atom. The van der Waals surface area contributed by atoms with Crippen molar-refractivity contribution >= 4 is 82.8 Å². The molecule has 0 spiro atoms. The Kier molecular flexibility index (Phi) is 25.9. The van der Waals surface area contributed by atoms with Gasteiger partial charge in [-0.2, -0.15) is 11.8 Å². The molecule has 0 saturated heterocycles. The van der Waals surface area contributed by atoms with Crippen LogP contribution in [0.3, 0.4) is 0 Å². The van der Waals surface area contributed by atoms with Gasteiger partial charge in [0.2, 0.25) is 59.1 Å². The number of aliphatic hydroxyl groups is 1. The van der Waals surface area contributed by atoms with Gasteiger partial charge < -0.3 is 75.1 Å². The summed E-state index contributed by atoms with van der Waals surface area (Å²) in [5, 5.41) is 47.3. The maximum absolute atomic E-state index is 13.6. The van der Waals surface area contributed by atoms with E-state index >= 15 is 0 Å². The second-order valence-corrected chi connectivity index (χ2v) is 16.2. The number of rotatable bonds is 30. The van der Waals surface area contributed by atoms with E-state index in [0.717, 1.165) is 6.92 Å². The maximum atomic E-state index is 13.6. The summed E-state index contributed by atoms with van der Waals surface area (Å²) in [6, 6.07) is -13.0. The number of primary amides is 2. The van der Waals surface area contributed by atoms with E-state index in [4.69, 9.17) is 22.3 Å². The Bertz CT molecular complexity index is 1710. The molecule has 26 nitrogen and oxygen atoms in total. The highest BCUT2D eigenvalue weighted by Crippen LogP contribution is 2.09. The highest BCUT2D eigenvalue weighted by molar-refractivity contribution is 7.98. The Morgan fingerprint density at radius 3 is 1.30 bits per heavy atom. The lowest BCUT2D eigenvalue weighted by atomic mass is 10.0. The molecule has 0 radical (unpaired) electrons. The van der Waals surface area contributed by atoms with E-state index in [0.29, 0.717) is 5.75 Å². The molecule has 0 aliphatic carbocycles. The van der Waals surface area contributed by atoms with Crippen LogP contribution in [0.15, 0.2) is 0 Å². The third-order valence-electron chi connectivity index (χ3n) is 9.08. The molecule has 64 heavy (non-hydrogen) atoms. The summed E-state index contributed by atoms with van der Waals surface area (Å²) in [4.78, 5) is 151. The number of carboxylic acid groups (broad SMARTS) is 2. The molecule has 0 aromatic carbocycles. The van der Waals surface area contributed by atoms with Crippen LogP contribution in [0.25, 0.3) is 0 Å². The number of nitrogens with one attached hydrogen (secondary N) is 8. The summed E-state index contributed by atoms with van der Waals surface area (Å²) in [7, 11) is 0. The first-order valence-corrected chi connectivity index (χ1v) is 21.4. The van der Waals surface area contributed by atoms with Gasteiger partial charge in [-0.3, -0.25) is 52.7 Å². The van der Waals surface area contributed by atoms with Gasteiger partial charge in [0, 0.05) is 12.8 Å². The molecule has 0 aromatic heterocycles. The van der Waals surface area contributed by atoms with Gasteiger partial charge in [-0.15, -0.1) is 0 Å². The monoisotopic (exact) mass is 933 g/mol. The molecule has 17 N–H and O–H groups in total. The van der Waals surface area contributed by atoms with E-state index in [1.54, 1.807) is 6.26 Å². The van der Waals surface area contributed by atoms with Crippen molar-refractivity contribution in [3.8, 4) is 0 Å². The summed E-state index contributed by atoms with van der Waals surface area (Å²) < 4.78 is 0. The van der Waals surface area contributed by atoms with Crippen LogP contribution in [0.4, 0.5) is 0 Å². The van der Waals surface area contributed by atoms with Crippen LogP contribution in [0.1, 0.15) is 80.1 Å². The molecular formula is C37H63N11O15S. The largest absolute Gasteiger partial charge is 0.481 e. The standard InChI is InChI=1S/C37H63N11O15S/c1-15(2)27(35(60)48-28(19(6)49)36(61)46-23(37(62)63)14-25(40)51)47-34(59)20(8-10-24(39)50)44-30(55)17(4)42-33(58)22(12-13-64-7)45-31(56)18(5)41-32(57)21(9-11-26(52)53)43-29(54)16(3)38/h15-23,27-28,49H,8-14,38H2,1-7H3,(H2,39,50)(H2,40,51)(H,41,57)(H,42,58)(H,43,54)(H,44,55)(H,45,56)(H,46,61)(H,47,59)(H,48,60)(H,52,53)(H,62,63). The lowest BCUT2D eigenvalue weighted by Gasteiger charge is -2.29. The maximum Gasteiger partial charge on any atom is 0.326 e. The number of aliphatic hydroxyl groups excluding tert-OH is 1. The SMILES string of the molecule is CSCCC(NC(=O)C(C)NC(=O)C(CCC(=O)O)NC(=O)C(C)N)C(=O)NC(C)C(=O)NC(CCC(N)=O)C(=O)NC(C(=O)NC(C(=O)NC(CC(N)=O)C(=O)O)C(C)O)C(C)C. The minimum Gasteiger partial charge on any atom is -0.481 e. The van der Waals surface area contributed by atoms with Gasteiger partial charge >= 0.3 is 11.9 Å². The van der Waals surface area contributed by atoms with Gasteiger partial charge in [0.25, 0.3) is 0 Å². The highest BCUT2D eigenvalue weighted by atomic mass is 32.2. The molecule has 0 aliphatic heterocycles. The van der Waals surface area contributed by atoms with Crippen LogP contribution in [0.5, 0.6) is 0 Å². The van der Waals surface area contributed by atoms with Crippen LogP contribution in [-0.4, -0.2) is 159 Å². The van der Waals surface area contributed by atoms with Gasteiger partial charge in [-0.25, -0.2) is 4.79 Å². The number of hydrogen-bond acceptors (Lipinski definition) is 15. The molecule has 0 saturated carbocycles. The summed E-state index contributed by atoms with van der Waals surface area (Å²) in [6.45, 7) is 7.94. The fourth-order valence-corrected chi connectivity index (χ4v) is 5.82. The smallest absolute Gasteiger partial charge is 0.326 e. The van der Waals surface area contributed by atoms with Crippen molar-refractivity contribution in [3.63, 3.8) is 0 Å². The van der Waals surface area contributed by atoms with Crippen LogP contribution in [-0.2, 0) is 57.5 Å². The molecule has 0 fully saturated rings. The molecule has 10 unspecified atom stereocenters. The van der Waals surface area contributed by atoms with E-state index in [1.165, 1.54) is 46.4 Å². The Morgan fingerprint density at radius 1 is 0.500 bits per heavy atom. The molecular weight excluding hydrogens is 871 g/mol. The molecule has 0 rings (SSSR count). The summed E-state index contributed by atoms with van der Waals surface area (Å²) in [5.41, 5.74) is 15.9. The minimum absolute atomic E-state index is 0.0345. The molecule has 0 heterocycles. The zero-order valence-electron chi connectivity index (χ0n) is 36.7. The van der Waals surface area contributed by atoms with Crippen molar-refractivity contribution in [3.05, 3.63) is 0 Å². The molecule has 0 aromatic rings. The first kappa shape index (κ1) is 57.9. The Hall–Kier alpha value is -6.09. The lowest BCUT2D eigenvalue weighted by molar-refractivity contribution is -0.144. The van der Waals surface area contributed by atoms with Crippen molar-refractivity contribution in [1.29, 1.82) is 0 Å². The fourth-order valence-electron chi connectivity index (χ4n) is 5.35. The van der Waals surface area contributed by atoms with Crippen molar-refractivity contribution in [2.45, 2.75) is 141 Å². The fraction of sp³-hybridized carbons (Fsp3) is 0.676. The van der Waals surface area contributed by atoms with Crippen LogP contribution < -0.4 is 59.7 Å². The zero-order chi connectivity index (χ0) is 49.6. The molecule has 10 amide bonds. The number of hydrogen-bond donors (Lipinski definition) is 14. The minimum atomic E-state index is -1.80. The van der Waals surface area contributed by atoms with Gasteiger partial charge in [0.15, 0.2) is 0 Å². The van der Waals surface area contributed by atoms with E-state index in [-0.39, 0.29) is 12.8 Å². The first-order valence-electron chi connectivity index (χ1n) is 20.0. The van der Waals surface area contributed by atoms with Crippen molar-refractivity contribution in [1.82, 2.24) is 42.5 Å². The lowest BCUT2D eigenvalue weighted by Crippen LogP contribution is -2.62. The predicted octanol–water partition coefficient (Wildman–Crippen LogP) is -5.87. The Balaban J connectivity index is 6.07. The average Bonchev–Trinajstić information content (AvgIpc) is 3.18. The van der Waals surface area contributed by atoms with E-state index in [9.17, 15) is 67.7 Å². The van der Waals surface area contributed by atoms with Crippen molar-refractivity contribution in [2.75, 3.05) is 12.0 Å². The third-order valence-corrected chi connectivity index (χ3v) is 9.73. The number of carboxylic acids is 2. The van der Waals surface area contributed by atoms with Crippen LogP contribution in [0, 0.1) is 5.92 Å². The molecule has 0 aliphatic rings. The summed E-state index contributed by atoms with van der Waals surface area (Å²) >= 11 is 1.32. The number of carbonyl (C=O) groups excluding carboxylic acids is 10. The number of carbonyl (C=O) groups is 12. The van der Waals surface area contributed by atoms with Crippen LogP contribution >= 0.6 is 11.8 Å². The van der Waals surface area contributed by atoms with Crippen LogP contribution in [0.2, 0.25) is 0 Å². The van der Waals surface area contributed by atoms with Gasteiger partial charge in [0.1, 0.15) is 48.3 Å². The topological polar surface area (TPSA) is 440 Å². The van der Waals surface area contributed by atoms with E-state index in [1.807, 2.05) is 5.32 Å². The first-order chi connectivity index (χ1) is 29.6. The quantitative estimate of drug-likeness (QED) is 0.0319. The van der Waals surface area contributed by atoms with Gasteiger partial charge in [0.05, 0.1) is 18.6 Å². The molecule has 0 bridgehead atoms. The van der Waals surface area contributed by atoms with Gasteiger partial charge in [-0.05, 0) is 64.9 Å². The molecule has 362 valence electrons. The van der Waals surface area contributed by atoms with Crippen molar-refractivity contribution < 1.29 is 72.9 Å². The summed E-state index contributed by atoms with van der Waals surface area (Å²) in [6.07, 6.45) is -2.32. The highest BCUT2D eigenvalue weighted by Gasteiger charge is 2.36. The van der Waals surface area contributed by atoms with E-state index in [2.05, 4.69) is 37.2 Å². The molecule has 27 heteroatoms. The second-order valence-electron chi connectivity index (χ2n) is 15.2. The zero-order valence-corrected chi connectivity index (χ0v) is 37.5. The Labute approximate surface area is 373 Å².